The Morgan fingerprint density at radius 2 is 1.56 bits per heavy atom. The number of aromatic nitrogens is 1. The highest BCUT2D eigenvalue weighted by Crippen LogP contribution is 2.35. The minimum absolute atomic E-state index is 0.304. The zero-order valence-corrected chi connectivity index (χ0v) is 14.8. The smallest absolute Gasteiger partial charge is 0.123 e. The Bertz CT molecular complexity index is 1100. The average Bonchev–Trinajstić information content (AvgIpc) is 3.01. The number of halogens is 2. The number of nitrogens with zero attached hydrogens (tertiary/aromatic N) is 1. The fourth-order valence-electron chi connectivity index (χ4n) is 3.68. The van der Waals surface area contributed by atoms with E-state index < -0.39 is 12.1 Å². The van der Waals surface area contributed by atoms with Gasteiger partial charge in [0.25, 0.3) is 0 Å². The summed E-state index contributed by atoms with van der Waals surface area (Å²) in [6.07, 6.45) is 1.16. The van der Waals surface area contributed by atoms with Crippen molar-refractivity contribution in [1.29, 1.82) is 0 Å². The quantitative estimate of drug-likeness (QED) is 0.505. The van der Waals surface area contributed by atoms with Crippen LogP contribution in [0.2, 0.25) is 0 Å². The molecule has 4 heteroatoms. The van der Waals surface area contributed by atoms with Gasteiger partial charge < -0.3 is 9.67 Å². The fraction of sp³-hybridized carbons (Fsp3) is 0.130. The molecule has 0 radical (unpaired) electrons. The second kappa shape index (κ2) is 6.97. The van der Waals surface area contributed by atoms with Crippen LogP contribution in [0, 0.1) is 11.6 Å². The molecular weight excluding hydrogens is 344 g/mol. The van der Waals surface area contributed by atoms with E-state index in [4.69, 9.17) is 0 Å². The van der Waals surface area contributed by atoms with Crippen molar-refractivity contribution in [2.45, 2.75) is 19.1 Å². The standard InChI is InChI=1S/C23H19F2NO/c1-15(27)23(17-7-5-9-19(25)13-17)26-14-21(16-6-4-8-18(24)12-16)20-10-2-3-11-22(20)26/h2-15,23,27H,1H3. The number of fused-ring (bicyclic) bond motifs is 1. The lowest BCUT2D eigenvalue weighted by atomic mass is 10.0. The zero-order valence-electron chi connectivity index (χ0n) is 14.8. The van der Waals surface area contributed by atoms with E-state index in [1.54, 1.807) is 25.1 Å². The first kappa shape index (κ1) is 17.4. The monoisotopic (exact) mass is 363 g/mol. The van der Waals surface area contributed by atoms with Crippen molar-refractivity contribution in [2.24, 2.45) is 0 Å². The van der Waals surface area contributed by atoms with Gasteiger partial charge in [-0.1, -0.05) is 42.5 Å². The molecule has 136 valence electrons. The van der Waals surface area contributed by atoms with Gasteiger partial charge in [-0.3, -0.25) is 0 Å². The van der Waals surface area contributed by atoms with Gasteiger partial charge in [0.15, 0.2) is 0 Å². The second-order valence-corrected chi connectivity index (χ2v) is 6.72. The normalized spacial score (nSPS) is 13.6. The van der Waals surface area contributed by atoms with Crippen LogP contribution in [0.1, 0.15) is 18.5 Å². The van der Waals surface area contributed by atoms with E-state index in [1.807, 2.05) is 41.1 Å². The van der Waals surface area contributed by atoms with Gasteiger partial charge in [0, 0.05) is 22.7 Å². The van der Waals surface area contributed by atoms with Gasteiger partial charge in [0.1, 0.15) is 11.6 Å². The van der Waals surface area contributed by atoms with E-state index in [-0.39, 0.29) is 11.6 Å². The second-order valence-electron chi connectivity index (χ2n) is 6.72. The fourth-order valence-corrected chi connectivity index (χ4v) is 3.68. The predicted molar refractivity (Wildman–Crippen MR) is 104 cm³/mol. The number of hydrogen-bond acceptors (Lipinski definition) is 1. The molecule has 2 unspecified atom stereocenters. The molecule has 4 rings (SSSR count). The first-order valence-corrected chi connectivity index (χ1v) is 8.83. The van der Waals surface area contributed by atoms with Gasteiger partial charge in [-0.2, -0.15) is 0 Å². The van der Waals surface area contributed by atoms with Crippen molar-refractivity contribution in [2.75, 3.05) is 0 Å². The molecule has 0 saturated heterocycles. The van der Waals surface area contributed by atoms with Crippen molar-refractivity contribution >= 4 is 10.9 Å². The highest BCUT2D eigenvalue weighted by atomic mass is 19.1. The van der Waals surface area contributed by atoms with E-state index in [1.165, 1.54) is 24.3 Å². The Hall–Kier alpha value is -2.98. The first-order valence-electron chi connectivity index (χ1n) is 8.83. The Kier molecular flexibility index (Phi) is 4.50. The molecule has 4 aromatic rings. The lowest BCUT2D eigenvalue weighted by Gasteiger charge is -2.23. The van der Waals surface area contributed by atoms with Crippen LogP contribution < -0.4 is 0 Å². The maximum Gasteiger partial charge on any atom is 0.123 e. The van der Waals surface area contributed by atoms with Gasteiger partial charge in [-0.15, -0.1) is 0 Å². The van der Waals surface area contributed by atoms with Crippen LogP contribution in [0.4, 0.5) is 8.78 Å². The third kappa shape index (κ3) is 3.24. The van der Waals surface area contributed by atoms with Crippen LogP contribution in [0.15, 0.2) is 79.0 Å². The minimum Gasteiger partial charge on any atom is -0.391 e. The van der Waals surface area contributed by atoms with Gasteiger partial charge in [0.2, 0.25) is 0 Å². The zero-order chi connectivity index (χ0) is 19.0. The molecule has 1 heterocycles. The summed E-state index contributed by atoms with van der Waals surface area (Å²) in [5.74, 6) is -0.651. The maximum absolute atomic E-state index is 13.8. The summed E-state index contributed by atoms with van der Waals surface area (Å²) in [5.41, 5.74) is 3.20. The lowest BCUT2D eigenvalue weighted by molar-refractivity contribution is 0.150. The van der Waals surface area contributed by atoms with Gasteiger partial charge in [-0.25, -0.2) is 8.78 Å². The third-order valence-corrected chi connectivity index (χ3v) is 4.82. The number of aliphatic hydroxyl groups excluding tert-OH is 1. The number of para-hydroxylation sites is 1. The van der Waals surface area contributed by atoms with Crippen molar-refractivity contribution in [3.8, 4) is 11.1 Å². The molecule has 0 saturated carbocycles. The van der Waals surface area contributed by atoms with Crippen LogP contribution in [0.25, 0.3) is 22.0 Å². The van der Waals surface area contributed by atoms with Crippen molar-refractivity contribution in [3.05, 3.63) is 96.2 Å². The summed E-state index contributed by atoms with van der Waals surface area (Å²) in [5, 5.41) is 11.4. The van der Waals surface area contributed by atoms with E-state index in [0.717, 1.165) is 22.0 Å². The number of aliphatic hydroxyl groups is 1. The number of rotatable bonds is 4. The summed E-state index contributed by atoms with van der Waals surface area (Å²) in [7, 11) is 0. The summed E-state index contributed by atoms with van der Waals surface area (Å²) >= 11 is 0. The summed E-state index contributed by atoms with van der Waals surface area (Å²) in [4.78, 5) is 0. The molecule has 27 heavy (non-hydrogen) atoms. The molecule has 0 spiro atoms. The molecule has 0 amide bonds. The Morgan fingerprint density at radius 1 is 0.852 bits per heavy atom. The minimum atomic E-state index is -0.747. The molecule has 1 aromatic heterocycles. The van der Waals surface area contributed by atoms with E-state index >= 15 is 0 Å². The number of benzene rings is 3. The van der Waals surface area contributed by atoms with E-state index in [2.05, 4.69) is 0 Å². The molecule has 0 fully saturated rings. The van der Waals surface area contributed by atoms with Gasteiger partial charge >= 0.3 is 0 Å². The largest absolute Gasteiger partial charge is 0.391 e. The molecule has 0 aliphatic heterocycles. The van der Waals surface area contributed by atoms with Crippen LogP contribution in [-0.4, -0.2) is 15.8 Å². The Balaban J connectivity index is 1.96. The van der Waals surface area contributed by atoms with Gasteiger partial charge in [0.05, 0.1) is 12.1 Å². The Labute approximate surface area is 156 Å². The van der Waals surface area contributed by atoms with E-state index in [9.17, 15) is 13.9 Å². The van der Waals surface area contributed by atoms with Crippen LogP contribution in [0.3, 0.4) is 0 Å². The van der Waals surface area contributed by atoms with Crippen LogP contribution in [-0.2, 0) is 0 Å². The third-order valence-electron chi connectivity index (χ3n) is 4.82. The maximum atomic E-state index is 13.8. The van der Waals surface area contributed by atoms with Crippen molar-refractivity contribution in [1.82, 2.24) is 4.57 Å². The predicted octanol–water partition coefficient (Wildman–Crippen LogP) is 5.56. The molecule has 1 N–H and O–H groups in total. The molecule has 3 aromatic carbocycles. The molecule has 2 atom stereocenters. The lowest BCUT2D eigenvalue weighted by Crippen LogP contribution is -2.22. The first-order chi connectivity index (χ1) is 13.0. The summed E-state index contributed by atoms with van der Waals surface area (Å²) in [6.45, 7) is 1.69. The molecule has 0 aliphatic carbocycles. The van der Waals surface area contributed by atoms with Crippen molar-refractivity contribution < 1.29 is 13.9 Å². The van der Waals surface area contributed by atoms with Crippen LogP contribution in [0.5, 0.6) is 0 Å². The SMILES string of the molecule is CC(O)C(c1cccc(F)c1)n1cc(-c2cccc(F)c2)c2ccccc21. The topological polar surface area (TPSA) is 25.2 Å². The highest BCUT2D eigenvalue weighted by molar-refractivity contribution is 5.96. The summed E-state index contributed by atoms with van der Waals surface area (Å²) < 4.78 is 29.5. The highest BCUT2D eigenvalue weighted by Gasteiger charge is 2.23. The Morgan fingerprint density at radius 3 is 2.26 bits per heavy atom. The molecule has 2 nitrogen and oxygen atoms in total. The van der Waals surface area contributed by atoms with E-state index in [0.29, 0.717) is 5.56 Å². The number of hydrogen-bond donors (Lipinski definition) is 1. The molecule has 0 aliphatic rings. The van der Waals surface area contributed by atoms with Gasteiger partial charge in [-0.05, 0) is 48.4 Å². The van der Waals surface area contributed by atoms with Crippen molar-refractivity contribution in [3.63, 3.8) is 0 Å². The van der Waals surface area contributed by atoms with Crippen LogP contribution >= 0.6 is 0 Å². The molecular formula is C23H19F2NO. The average molecular weight is 363 g/mol. The summed E-state index contributed by atoms with van der Waals surface area (Å²) in [6, 6.07) is 20.0. The molecule has 0 bridgehead atoms.